The molecule has 0 spiro atoms. The van der Waals surface area contributed by atoms with Crippen LogP contribution in [0.25, 0.3) is 0 Å². The van der Waals surface area contributed by atoms with Crippen LogP contribution in [-0.2, 0) is 16.8 Å². The van der Waals surface area contributed by atoms with E-state index < -0.39 is 5.60 Å². The van der Waals surface area contributed by atoms with Gasteiger partial charge in [0.1, 0.15) is 5.60 Å². The SMILES string of the molecule is CC(C)(C)OCCc1cccc(C(C)(C)O)n1. The molecule has 0 bridgehead atoms. The minimum Gasteiger partial charge on any atom is -0.384 e. The first kappa shape index (κ1) is 14.1. The molecule has 0 unspecified atom stereocenters. The van der Waals surface area contributed by atoms with Crippen molar-refractivity contribution in [3.8, 4) is 0 Å². The van der Waals surface area contributed by atoms with E-state index in [9.17, 15) is 5.11 Å². The van der Waals surface area contributed by atoms with Gasteiger partial charge in [0.05, 0.1) is 17.9 Å². The summed E-state index contributed by atoms with van der Waals surface area (Å²) < 4.78 is 5.66. The molecule has 0 aliphatic carbocycles. The number of hydrogen-bond donors (Lipinski definition) is 1. The minimum absolute atomic E-state index is 0.117. The van der Waals surface area contributed by atoms with E-state index in [-0.39, 0.29) is 5.60 Å². The number of nitrogens with zero attached hydrogens (tertiary/aromatic N) is 1. The van der Waals surface area contributed by atoms with Gasteiger partial charge in [0, 0.05) is 12.1 Å². The van der Waals surface area contributed by atoms with Gasteiger partial charge in [-0.25, -0.2) is 0 Å². The lowest BCUT2D eigenvalue weighted by Gasteiger charge is -2.20. The third-order valence-corrected chi connectivity index (χ3v) is 2.33. The average molecular weight is 237 g/mol. The highest BCUT2D eigenvalue weighted by atomic mass is 16.5. The van der Waals surface area contributed by atoms with Crippen LogP contribution < -0.4 is 0 Å². The molecule has 0 atom stereocenters. The molecule has 0 aliphatic heterocycles. The Morgan fingerprint density at radius 1 is 1.18 bits per heavy atom. The molecule has 1 N–H and O–H groups in total. The zero-order valence-corrected chi connectivity index (χ0v) is 11.4. The lowest BCUT2D eigenvalue weighted by atomic mass is 10.0. The van der Waals surface area contributed by atoms with Gasteiger partial charge in [-0.2, -0.15) is 0 Å². The zero-order chi connectivity index (χ0) is 13.1. The zero-order valence-electron chi connectivity index (χ0n) is 11.4. The fourth-order valence-corrected chi connectivity index (χ4v) is 1.42. The van der Waals surface area contributed by atoms with Crippen molar-refractivity contribution in [3.05, 3.63) is 29.6 Å². The number of aromatic nitrogens is 1. The van der Waals surface area contributed by atoms with Gasteiger partial charge in [-0.3, -0.25) is 4.98 Å². The Hall–Kier alpha value is -0.930. The fourth-order valence-electron chi connectivity index (χ4n) is 1.42. The maximum atomic E-state index is 9.87. The molecule has 0 aromatic carbocycles. The third kappa shape index (κ3) is 5.29. The van der Waals surface area contributed by atoms with Gasteiger partial charge >= 0.3 is 0 Å². The summed E-state index contributed by atoms with van der Waals surface area (Å²) in [6, 6.07) is 5.72. The highest BCUT2D eigenvalue weighted by Crippen LogP contribution is 2.17. The average Bonchev–Trinajstić information content (AvgIpc) is 2.15. The van der Waals surface area contributed by atoms with Crippen molar-refractivity contribution in [2.45, 2.75) is 52.2 Å². The summed E-state index contributed by atoms with van der Waals surface area (Å²) in [7, 11) is 0. The van der Waals surface area contributed by atoms with Gasteiger partial charge in [-0.1, -0.05) is 6.07 Å². The molecule has 1 rings (SSSR count). The second kappa shape index (κ2) is 5.15. The Morgan fingerprint density at radius 3 is 2.35 bits per heavy atom. The molecule has 0 radical (unpaired) electrons. The molecule has 1 aromatic rings. The molecule has 1 aromatic heterocycles. The van der Waals surface area contributed by atoms with Crippen LogP contribution in [0.3, 0.4) is 0 Å². The summed E-state index contributed by atoms with van der Waals surface area (Å²) in [5.41, 5.74) is 0.647. The summed E-state index contributed by atoms with van der Waals surface area (Å²) in [5, 5.41) is 9.87. The molecule has 0 fully saturated rings. The van der Waals surface area contributed by atoms with Crippen molar-refractivity contribution in [2.24, 2.45) is 0 Å². The first-order valence-electron chi connectivity index (χ1n) is 6.01. The van der Waals surface area contributed by atoms with Crippen molar-refractivity contribution < 1.29 is 9.84 Å². The molecule has 96 valence electrons. The second-order valence-corrected chi connectivity index (χ2v) is 5.78. The third-order valence-electron chi connectivity index (χ3n) is 2.33. The molecule has 0 aliphatic rings. The highest BCUT2D eigenvalue weighted by molar-refractivity contribution is 5.15. The van der Waals surface area contributed by atoms with Gasteiger partial charge in [0.2, 0.25) is 0 Å². The van der Waals surface area contributed by atoms with E-state index in [1.807, 2.05) is 39.0 Å². The predicted octanol–water partition coefficient (Wildman–Crippen LogP) is 2.67. The Labute approximate surface area is 104 Å². The Bertz CT molecular complexity index is 361. The van der Waals surface area contributed by atoms with E-state index >= 15 is 0 Å². The van der Waals surface area contributed by atoms with Gasteiger partial charge in [-0.15, -0.1) is 0 Å². The molecule has 0 amide bonds. The summed E-state index contributed by atoms with van der Waals surface area (Å²) in [6.07, 6.45) is 0.765. The normalized spacial score (nSPS) is 12.8. The monoisotopic (exact) mass is 237 g/mol. The molecule has 1 heterocycles. The summed E-state index contributed by atoms with van der Waals surface area (Å²) in [5.74, 6) is 0. The number of hydrogen-bond acceptors (Lipinski definition) is 3. The van der Waals surface area contributed by atoms with Gasteiger partial charge in [0.15, 0.2) is 0 Å². The van der Waals surface area contributed by atoms with Crippen LogP contribution in [-0.4, -0.2) is 22.3 Å². The Kier molecular flexibility index (Phi) is 4.28. The maximum Gasteiger partial charge on any atom is 0.101 e. The van der Waals surface area contributed by atoms with E-state index in [2.05, 4.69) is 4.98 Å². The predicted molar refractivity (Wildman–Crippen MR) is 68.9 cm³/mol. The lowest BCUT2D eigenvalue weighted by molar-refractivity contribution is -0.00141. The number of aliphatic hydroxyl groups is 1. The summed E-state index contributed by atoms with van der Waals surface area (Å²) >= 11 is 0. The van der Waals surface area contributed by atoms with Crippen molar-refractivity contribution in [3.63, 3.8) is 0 Å². The summed E-state index contributed by atoms with van der Waals surface area (Å²) in [6.45, 7) is 10.2. The van der Waals surface area contributed by atoms with Crippen molar-refractivity contribution >= 4 is 0 Å². The molecular weight excluding hydrogens is 214 g/mol. The largest absolute Gasteiger partial charge is 0.384 e. The van der Waals surface area contributed by atoms with Crippen LogP contribution in [0.5, 0.6) is 0 Å². The standard InChI is InChI=1S/C14H23NO2/c1-13(2,3)17-10-9-11-7-6-8-12(15-11)14(4,5)16/h6-8,16H,9-10H2,1-5H3. The van der Waals surface area contributed by atoms with Crippen LogP contribution >= 0.6 is 0 Å². The molecular formula is C14H23NO2. The maximum absolute atomic E-state index is 9.87. The van der Waals surface area contributed by atoms with Crippen LogP contribution in [0, 0.1) is 0 Å². The van der Waals surface area contributed by atoms with E-state index in [4.69, 9.17) is 4.74 Å². The number of rotatable bonds is 4. The minimum atomic E-state index is -0.888. The highest BCUT2D eigenvalue weighted by Gasteiger charge is 2.17. The van der Waals surface area contributed by atoms with E-state index in [1.54, 1.807) is 13.8 Å². The van der Waals surface area contributed by atoms with Crippen LogP contribution in [0.2, 0.25) is 0 Å². The van der Waals surface area contributed by atoms with Gasteiger partial charge < -0.3 is 9.84 Å². The quantitative estimate of drug-likeness (QED) is 0.875. The van der Waals surface area contributed by atoms with Crippen molar-refractivity contribution in [1.82, 2.24) is 4.98 Å². The number of ether oxygens (including phenoxy) is 1. The van der Waals surface area contributed by atoms with Gasteiger partial charge in [-0.05, 0) is 46.8 Å². The van der Waals surface area contributed by atoms with Crippen LogP contribution in [0.1, 0.15) is 46.0 Å². The summed E-state index contributed by atoms with van der Waals surface area (Å²) in [4.78, 5) is 4.43. The Morgan fingerprint density at radius 2 is 1.82 bits per heavy atom. The van der Waals surface area contributed by atoms with Crippen LogP contribution in [0.15, 0.2) is 18.2 Å². The van der Waals surface area contributed by atoms with Gasteiger partial charge in [0.25, 0.3) is 0 Å². The molecule has 3 heteroatoms. The Balaban J connectivity index is 2.61. The van der Waals surface area contributed by atoms with Crippen molar-refractivity contribution in [2.75, 3.05) is 6.61 Å². The second-order valence-electron chi connectivity index (χ2n) is 5.78. The molecule has 17 heavy (non-hydrogen) atoms. The number of pyridine rings is 1. The fraction of sp³-hybridized carbons (Fsp3) is 0.643. The van der Waals surface area contributed by atoms with E-state index in [0.717, 1.165) is 12.1 Å². The van der Waals surface area contributed by atoms with E-state index in [0.29, 0.717) is 12.3 Å². The lowest BCUT2D eigenvalue weighted by Crippen LogP contribution is -2.21. The molecule has 0 saturated heterocycles. The molecule has 0 saturated carbocycles. The molecule has 3 nitrogen and oxygen atoms in total. The smallest absolute Gasteiger partial charge is 0.101 e. The topological polar surface area (TPSA) is 42.4 Å². The first-order chi connectivity index (χ1) is 7.68. The van der Waals surface area contributed by atoms with E-state index in [1.165, 1.54) is 0 Å². The first-order valence-corrected chi connectivity index (χ1v) is 6.01. The van der Waals surface area contributed by atoms with Crippen LogP contribution in [0.4, 0.5) is 0 Å². The van der Waals surface area contributed by atoms with Crippen molar-refractivity contribution in [1.29, 1.82) is 0 Å².